The number of H-pyrrole nitrogens is 1. The Labute approximate surface area is 241 Å². The number of carbonyl (C=O) groups excluding carboxylic acids is 1. The molecule has 0 aliphatic heterocycles. The van der Waals surface area contributed by atoms with E-state index in [4.69, 9.17) is 14.9 Å². The third kappa shape index (κ3) is 8.63. The maximum Gasteiger partial charge on any atom is 0.317 e. The monoisotopic (exact) mass is 575 g/mol. The van der Waals surface area contributed by atoms with Crippen molar-refractivity contribution in [3.05, 3.63) is 90.0 Å². The standard InChI is InChI=1S/C30H30FN5O6/c1-19-3-8-24(31)25(13-19)35-21-4-6-22(7-5-21)42-23-9-11-32-27(15-23)26-14-20(16-34-26)30(41)33-10-2-12-36(17-28(37)38)18-29(39)40/h3-9,11,13-16,34-35H,2,10,12,17-18H2,1H3,(H,33,41)(H,37,38)(H,39,40). The second-order valence-electron chi connectivity index (χ2n) is 9.52. The van der Waals surface area contributed by atoms with Crippen LogP contribution in [0, 0.1) is 12.7 Å². The molecule has 42 heavy (non-hydrogen) atoms. The largest absolute Gasteiger partial charge is 0.480 e. The number of benzene rings is 2. The van der Waals surface area contributed by atoms with Gasteiger partial charge in [-0.3, -0.25) is 24.3 Å². The lowest BCUT2D eigenvalue weighted by Crippen LogP contribution is -2.36. The SMILES string of the molecule is Cc1ccc(F)c(Nc2ccc(Oc3ccnc(-c4cc(C(=O)NCCCN(CC(=O)O)CC(=O)O)c[nH]4)c3)cc2)c1. The number of nitrogens with one attached hydrogen (secondary N) is 3. The Morgan fingerprint density at radius 2 is 1.71 bits per heavy atom. The van der Waals surface area contributed by atoms with Crippen LogP contribution in [-0.2, 0) is 9.59 Å². The van der Waals surface area contributed by atoms with E-state index in [1.165, 1.54) is 11.0 Å². The first-order valence-electron chi connectivity index (χ1n) is 13.1. The molecule has 0 saturated heterocycles. The number of aromatic nitrogens is 2. The molecule has 0 unspecified atom stereocenters. The van der Waals surface area contributed by atoms with Crippen LogP contribution in [0.1, 0.15) is 22.3 Å². The van der Waals surface area contributed by atoms with Crippen LogP contribution in [0.15, 0.2) is 73.1 Å². The Morgan fingerprint density at radius 3 is 2.43 bits per heavy atom. The van der Waals surface area contributed by atoms with E-state index < -0.39 is 25.0 Å². The van der Waals surface area contributed by atoms with Crippen LogP contribution in [0.4, 0.5) is 15.8 Å². The highest BCUT2D eigenvalue weighted by molar-refractivity contribution is 5.95. The summed E-state index contributed by atoms with van der Waals surface area (Å²) in [6.45, 7) is 1.55. The van der Waals surface area contributed by atoms with E-state index in [-0.39, 0.29) is 24.8 Å². The van der Waals surface area contributed by atoms with Gasteiger partial charge in [0.1, 0.15) is 17.3 Å². The second kappa shape index (κ2) is 13.9. The normalized spacial score (nSPS) is 10.8. The average molecular weight is 576 g/mol. The topological polar surface area (TPSA) is 157 Å². The van der Waals surface area contributed by atoms with Crippen molar-refractivity contribution in [1.29, 1.82) is 0 Å². The molecule has 0 aliphatic rings. The number of anilines is 2. The third-order valence-electron chi connectivity index (χ3n) is 6.10. The first-order valence-corrected chi connectivity index (χ1v) is 13.1. The quantitative estimate of drug-likeness (QED) is 0.135. The van der Waals surface area contributed by atoms with Gasteiger partial charge in [-0.05, 0) is 67.4 Å². The Balaban J connectivity index is 1.31. The molecule has 5 N–H and O–H groups in total. The van der Waals surface area contributed by atoms with E-state index in [9.17, 15) is 18.8 Å². The fourth-order valence-electron chi connectivity index (χ4n) is 4.13. The van der Waals surface area contributed by atoms with Gasteiger partial charge in [-0.2, -0.15) is 0 Å². The van der Waals surface area contributed by atoms with Gasteiger partial charge in [0.2, 0.25) is 0 Å². The number of halogens is 1. The van der Waals surface area contributed by atoms with Crippen LogP contribution in [0.25, 0.3) is 11.4 Å². The summed E-state index contributed by atoms with van der Waals surface area (Å²) in [6, 6.07) is 17.0. The molecular formula is C30H30FN5O6. The van der Waals surface area contributed by atoms with Gasteiger partial charge in [0.05, 0.1) is 35.7 Å². The van der Waals surface area contributed by atoms with E-state index in [0.717, 1.165) is 5.56 Å². The minimum Gasteiger partial charge on any atom is -0.480 e. The first kappa shape index (κ1) is 29.7. The zero-order chi connectivity index (χ0) is 30.1. The summed E-state index contributed by atoms with van der Waals surface area (Å²) in [4.78, 5) is 43.0. The Kier molecular flexibility index (Phi) is 9.85. The van der Waals surface area contributed by atoms with Gasteiger partial charge in [-0.25, -0.2) is 4.39 Å². The molecule has 0 fully saturated rings. The smallest absolute Gasteiger partial charge is 0.317 e. The number of pyridine rings is 1. The molecule has 2 aromatic carbocycles. The van der Waals surface area contributed by atoms with Crippen molar-refractivity contribution < 1.29 is 33.7 Å². The minimum atomic E-state index is -1.12. The van der Waals surface area contributed by atoms with E-state index in [2.05, 4.69) is 20.6 Å². The third-order valence-corrected chi connectivity index (χ3v) is 6.10. The molecule has 12 heteroatoms. The predicted molar refractivity (Wildman–Crippen MR) is 154 cm³/mol. The molecule has 0 atom stereocenters. The summed E-state index contributed by atoms with van der Waals surface area (Å²) in [6.07, 6.45) is 3.51. The first-order chi connectivity index (χ1) is 20.2. The number of aromatic amines is 1. The van der Waals surface area contributed by atoms with Gasteiger partial charge in [0, 0.05) is 37.2 Å². The number of carboxylic acids is 2. The number of hydrogen-bond acceptors (Lipinski definition) is 7. The number of amides is 1. The fraction of sp³-hybridized carbons (Fsp3) is 0.200. The van der Waals surface area contributed by atoms with Crippen molar-refractivity contribution in [2.45, 2.75) is 13.3 Å². The van der Waals surface area contributed by atoms with Gasteiger partial charge in [-0.15, -0.1) is 0 Å². The molecule has 0 spiro atoms. The van der Waals surface area contributed by atoms with Crippen molar-refractivity contribution in [2.24, 2.45) is 0 Å². The van der Waals surface area contributed by atoms with Gasteiger partial charge in [-0.1, -0.05) is 6.07 Å². The summed E-state index contributed by atoms with van der Waals surface area (Å²) in [5.74, 6) is -1.83. The van der Waals surface area contributed by atoms with Crippen LogP contribution in [0.3, 0.4) is 0 Å². The van der Waals surface area contributed by atoms with Crippen LogP contribution in [0.5, 0.6) is 11.5 Å². The van der Waals surface area contributed by atoms with E-state index in [0.29, 0.717) is 46.2 Å². The molecule has 218 valence electrons. The van der Waals surface area contributed by atoms with E-state index in [1.54, 1.807) is 67.0 Å². The van der Waals surface area contributed by atoms with Gasteiger partial charge < -0.3 is 30.6 Å². The molecule has 11 nitrogen and oxygen atoms in total. The van der Waals surface area contributed by atoms with E-state index in [1.807, 2.05) is 6.92 Å². The van der Waals surface area contributed by atoms with Crippen LogP contribution in [0.2, 0.25) is 0 Å². The number of aliphatic carboxylic acids is 2. The Bertz CT molecular complexity index is 1540. The van der Waals surface area contributed by atoms with Crippen LogP contribution < -0.4 is 15.4 Å². The van der Waals surface area contributed by atoms with Gasteiger partial charge >= 0.3 is 11.9 Å². The molecule has 0 aliphatic carbocycles. The number of carboxylic acid groups (broad SMARTS) is 2. The molecule has 2 aromatic heterocycles. The molecule has 0 saturated carbocycles. The molecule has 2 heterocycles. The number of aryl methyl sites for hydroxylation is 1. The molecule has 4 rings (SSSR count). The highest BCUT2D eigenvalue weighted by Gasteiger charge is 2.14. The number of carbonyl (C=O) groups is 3. The Hall–Kier alpha value is -5.23. The maximum atomic E-state index is 14.1. The summed E-state index contributed by atoms with van der Waals surface area (Å²) in [7, 11) is 0. The lowest BCUT2D eigenvalue weighted by Gasteiger charge is -2.17. The lowest BCUT2D eigenvalue weighted by molar-refractivity contribution is -0.141. The summed E-state index contributed by atoms with van der Waals surface area (Å²) in [5.41, 5.74) is 3.56. The number of rotatable bonds is 14. The fourth-order valence-corrected chi connectivity index (χ4v) is 4.13. The van der Waals surface area contributed by atoms with Crippen molar-refractivity contribution >= 4 is 29.2 Å². The number of hydrogen-bond donors (Lipinski definition) is 5. The number of ether oxygens (including phenoxy) is 1. The minimum absolute atomic E-state index is 0.207. The molecule has 1 amide bonds. The predicted octanol–water partition coefficient (Wildman–Crippen LogP) is 4.65. The molecule has 4 aromatic rings. The molecule has 0 bridgehead atoms. The van der Waals surface area contributed by atoms with Crippen LogP contribution in [-0.4, -0.2) is 69.1 Å². The van der Waals surface area contributed by atoms with Crippen molar-refractivity contribution in [3.8, 4) is 22.9 Å². The highest BCUT2D eigenvalue weighted by Crippen LogP contribution is 2.28. The van der Waals surface area contributed by atoms with Crippen LogP contribution >= 0.6 is 0 Å². The second-order valence-corrected chi connectivity index (χ2v) is 9.52. The van der Waals surface area contributed by atoms with E-state index >= 15 is 0 Å². The average Bonchev–Trinajstić information content (AvgIpc) is 3.44. The van der Waals surface area contributed by atoms with Gasteiger partial charge in [0.25, 0.3) is 5.91 Å². The summed E-state index contributed by atoms with van der Waals surface area (Å²) < 4.78 is 20.0. The number of nitrogens with zero attached hydrogens (tertiary/aromatic N) is 2. The maximum absolute atomic E-state index is 14.1. The van der Waals surface area contributed by atoms with Crippen molar-refractivity contribution in [2.75, 3.05) is 31.5 Å². The summed E-state index contributed by atoms with van der Waals surface area (Å²) >= 11 is 0. The summed E-state index contributed by atoms with van der Waals surface area (Å²) in [5, 5.41) is 23.6. The van der Waals surface area contributed by atoms with Crippen molar-refractivity contribution in [3.63, 3.8) is 0 Å². The lowest BCUT2D eigenvalue weighted by atomic mass is 10.2. The zero-order valence-electron chi connectivity index (χ0n) is 22.8. The van der Waals surface area contributed by atoms with Crippen molar-refractivity contribution in [1.82, 2.24) is 20.2 Å². The Morgan fingerprint density at radius 1 is 0.976 bits per heavy atom. The van der Waals surface area contributed by atoms with Gasteiger partial charge in [0.15, 0.2) is 0 Å². The zero-order valence-corrected chi connectivity index (χ0v) is 22.8. The highest BCUT2D eigenvalue weighted by atomic mass is 19.1. The molecule has 0 radical (unpaired) electrons. The molecular weight excluding hydrogens is 545 g/mol.